The predicted octanol–water partition coefficient (Wildman–Crippen LogP) is 8.71. The highest BCUT2D eigenvalue weighted by atomic mass is 19.3. The third-order valence-corrected chi connectivity index (χ3v) is 7.50. The third kappa shape index (κ3) is 6.40. The minimum atomic E-state index is -2.43. The van der Waals surface area contributed by atoms with Gasteiger partial charge in [0.15, 0.2) is 0 Å². The van der Waals surface area contributed by atoms with Crippen molar-refractivity contribution in [2.75, 3.05) is 0 Å². The Bertz CT molecular complexity index is 622. The van der Waals surface area contributed by atoms with Crippen LogP contribution in [0.15, 0.2) is 36.4 Å². The van der Waals surface area contributed by atoms with Gasteiger partial charge in [-0.2, -0.15) is 0 Å². The maximum absolute atomic E-state index is 14.3. The summed E-state index contributed by atoms with van der Waals surface area (Å²) in [6, 6.07) is 9.20. The fourth-order valence-corrected chi connectivity index (χ4v) is 5.54. The molecule has 0 saturated heterocycles. The van der Waals surface area contributed by atoms with E-state index in [1.165, 1.54) is 36.8 Å². The molecule has 2 aliphatic carbocycles. The van der Waals surface area contributed by atoms with E-state index in [1.54, 1.807) is 0 Å². The van der Waals surface area contributed by atoms with E-state index in [1.807, 2.05) is 6.92 Å². The zero-order chi connectivity index (χ0) is 20.7. The molecule has 0 spiro atoms. The smallest absolute Gasteiger partial charge is 0.207 e. The summed E-state index contributed by atoms with van der Waals surface area (Å²) in [6.45, 7) is 4.22. The van der Waals surface area contributed by atoms with Crippen molar-refractivity contribution in [1.82, 2.24) is 0 Å². The molecule has 1 aromatic rings. The summed E-state index contributed by atoms with van der Waals surface area (Å²) in [5, 5.41) is 0. The molecule has 0 nitrogen and oxygen atoms in total. The SMILES string of the molecule is CCCC1CCC(CC/C=C/C2CCC(c3ccc(CC)cc3)CC2)CC1(F)F. The Morgan fingerprint density at radius 1 is 0.931 bits per heavy atom. The Hall–Kier alpha value is -1.18. The van der Waals surface area contributed by atoms with Crippen molar-refractivity contribution in [2.45, 2.75) is 103 Å². The Morgan fingerprint density at radius 2 is 1.66 bits per heavy atom. The first kappa shape index (κ1) is 22.5. The second kappa shape index (κ2) is 10.7. The van der Waals surface area contributed by atoms with Crippen LogP contribution < -0.4 is 0 Å². The van der Waals surface area contributed by atoms with E-state index in [-0.39, 0.29) is 18.3 Å². The Kier molecular flexibility index (Phi) is 8.33. The number of hydrogen-bond donors (Lipinski definition) is 0. The number of hydrogen-bond acceptors (Lipinski definition) is 0. The molecule has 29 heavy (non-hydrogen) atoms. The molecule has 0 aliphatic heterocycles. The van der Waals surface area contributed by atoms with Crippen molar-refractivity contribution in [3.63, 3.8) is 0 Å². The highest BCUT2D eigenvalue weighted by Gasteiger charge is 2.43. The summed E-state index contributed by atoms with van der Waals surface area (Å²) < 4.78 is 28.6. The first-order valence-electron chi connectivity index (χ1n) is 12.1. The zero-order valence-corrected chi connectivity index (χ0v) is 18.5. The Labute approximate surface area is 177 Å². The van der Waals surface area contributed by atoms with Crippen LogP contribution in [0.2, 0.25) is 0 Å². The van der Waals surface area contributed by atoms with Crippen molar-refractivity contribution in [2.24, 2.45) is 17.8 Å². The number of benzene rings is 1. The van der Waals surface area contributed by atoms with Crippen molar-refractivity contribution in [3.8, 4) is 0 Å². The minimum Gasteiger partial charge on any atom is -0.207 e. The second-order valence-corrected chi connectivity index (χ2v) is 9.61. The van der Waals surface area contributed by atoms with Crippen LogP contribution in [-0.4, -0.2) is 5.92 Å². The summed E-state index contributed by atoms with van der Waals surface area (Å²) in [5.74, 6) is -1.19. The van der Waals surface area contributed by atoms with Gasteiger partial charge in [0.2, 0.25) is 0 Å². The van der Waals surface area contributed by atoms with Gasteiger partial charge in [-0.25, -0.2) is 8.78 Å². The van der Waals surface area contributed by atoms with Crippen molar-refractivity contribution < 1.29 is 8.78 Å². The maximum Gasteiger partial charge on any atom is 0.251 e. The van der Waals surface area contributed by atoms with Crippen molar-refractivity contribution >= 4 is 0 Å². The van der Waals surface area contributed by atoms with E-state index in [0.717, 1.165) is 38.5 Å². The molecule has 2 aliphatic rings. The van der Waals surface area contributed by atoms with Gasteiger partial charge < -0.3 is 0 Å². The molecule has 2 heteroatoms. The van der Waals surface area contributed by atoms with Gasteiger partial charge >= 0.3 is 0 Å². The largest absolute Gasteiger partial charge is 0.251 e. The first-order valence-corrected chi connectivity index (χ1v) is 12.1. The number of rotatable bonds is 8. The van der Waals surface area contributed by atoms with Crippen LogP contribution in [0.5, 0.6) is 0 Å². The van der Waals surface area contributed by atoms with Gasteiger partial charge in [-0.3, -0.25) is 0 Å². The molecule has 0 bridgehead atoms. The van der Waals surface area contributed by atoms with Crippen LogP contribution in [0.1, 0.15) is 102 Å². The quantitative estimate of drug-likeness (QED) is 0.381. The van der Waals surface area contributed by atoms with Gasteiger partial charge in [0.1, 0.15) is 0 Å². The van der Waals surface area contributed by atoms with Crippen molar-refractivity contribution in [3.05, 3.63) is 47.5 Å². The van der Waals surface area contributed by atoms with Gasteiger partial charge in [0, 0.05) is 12.3 Å². The number of alkyl halides is 2. The minimum absolute atomic E-state index is 0.118. The van der Waals surface area contributed by atoms with Crippen LogP contribution in [0.3, 0.4) is 0 Å². The molecule has 2 atom stereocenters. The first-order chi connectivity index (χ1) is 14.0. The lowest BCUT2D eigenvalue weighted by molar-refractivity contribution is -0.105. The van der Waals surface area contributed by atoms with E-state index >= 15 is 0 Å². The molecule has 0 amide bonds. The highest BCUT2D eigenvalue weighted by molar-refractivity contribution is 5.25. The summed E-state index contributed by atoms with van der Waals surface area (Å²) in [4.78, 5) is 0. The van der Waals surface area contributed by atoms with Gasteiger partial charge in [0.25, 0.3) is 5.92 Å². The summed E-state index contributed by atoms with van der Waals surface area (Å²) >= 11 is 0. The number of allylic oxidation sites excluding steroid dienone is 2. The second-order valence-electron chi connectivity index (χ2n) is 9.61. The van der Waals surface area contributed by atoms with Gasteiger partial charge in [0.05, 0.1) is 0 Å². The highest BCUT2D eigenvalue weighted by Crippen LogP contribution is 2.44. The normalized spacial score (nSPS) is 29.9. The third-order valence-electron chi connectivity index (χ3n) is 7.50. The number of halogens is 2. The molecule has 162 valence electrons. The molecular formula is C27H40F2. The van der Waals surface area contributed by atoms with E-state index in [2.05, 4.69) is 43.3 Å². The molecule has 2 unspecified atom stereocenters. The molecule has 0 aromatic heterocycles. The van der Waals surface area contributed by atoms with Crippen LogP contribution in [-0.2, 0) is 6.42 Å². The molecule has 3 rings (SSSR count). The predicted molar refractivity (Wildman–Crippen MR) is 120 cm³/mol. The molecule has 2 saturated carbocycles. The van der Waals surface area contributed by atoms with Gasteiger partial charge in [-0.1, -0.05) is 56.7 Å². The summed E-state index contributed by atoms with van der Waals surface area (Å²) in [6.07, 6.45) is 16.1. The topological polar surface area (TPSA) is 0 Å². The van der Waals surface area contributed by atoms with E-state index in [0.29, 0.717) is 18.3 Å². The standard InChI is InChI=1S/C27H40F2/c1-3-7-26-19-14-23(20-27(26,28)29)9-6-5-8-22-12-17-25(18-13-22)24-15-10-21(4-2)11-16-24/h5,8,10-11,15-16,22-23,25-26H,3-4,6-7,9,12-14,17-20H2,1-2H3/b8-5+. The lowest BCUT2D eigenvalue weighted by Crippen LogP contribution is -2.35. The Balaban J connectivity index is 1.36. The van der Waals surface area contributed by atoms with Crippen LogP contribution in [0.25, 0.3) is 0 Å². The van der Waals surface area contributed by atoms with Crippen LogP contribution >= 0.6 is 0 Å². The number of aryl methyl sites for hydroxylation is 1. The van der Waals surface area contributed by atoms with E-state index in [4.69, 9.17) is 0 Å². The van der Waals surface area contributed by atoms with Crippen molar-refractivity contribution in [1.29, 1.82) is 0 Å². The summed E-state index contributed by atoms with van der Waals surface area (Å²) in [5.41, 5.74) is 2.92. The molecule has 1 aromatic carbocycles. The average Bonchev–Trinajstić information content (AvgIpc) is 2.73. The van der Waals surface area contributed by atoms with Crippen LogP contribution in [0, 0.1) is 17.8 Å². The molecule has 0 radical (unpaired) electrons. The van der Waals surface area contributed by atoms with Crippen LogP contribution in [0.4, 0.5) is 8.78 Å². The lowest BCUT2D eigenvalue weighted by atomic mass is 9.75. The van der Waals surface area contributed by atoms with Gasteiger partial charge in [-0.05, 0) is 93.1 Å². The molecule has 0 heterocycles. The fraction of sp³-hybridized carbons (Fsp3) is 0.704. The van der Waals surface area contributed by atoms with E-state index in [9.17, 15) is 8.78 Å². The molecule has 2 fully saturated rings. The average molecular weight is 403 g/mol. The zero-order valence-electron chi connectivity index (χ0n) is 18.5. The molecular weight excluding hydrogens is 362 g/mol. The fourth-order valence-electron chi connectivity index (χ4n) is 5.54. The summed E-state index contributed by atoms with van der Waals surface area (Å²) in [7, 11) is 0. The monoisotopic (exact) mass is 402 g/mol. The Morgan fingerprint density at radius 3 is 2.28 bits per heavy atom. The van der Waals surface area contributed by atoms with Gasteiger partial charge in [-0.15, -0.1) is 0 Å². The molecule has 0 N–H and O–H groups in total. The lowest BCUT2D eigenvalue weighted by Gasteiger charge is -2.36. The van der Waals surface area contributed by atoms with E-state index < -0.39 is 5.92 Å². The maximum atomic E-state index is 14.3.